The molecule has 0 aromatic heterocycles. The van der Waals surface area contributed by atoms with Crippen LogP contribution in [0.15, 0.2) is 53.4 Å². The third-order valence-electron chi connectivity index (χ3n) is 4.93. The van der Waals surface area contributed by atoms with Crippen LogP contribution >= 0.6 is 11.8 Å². The van der Waals surface area contributed by atoms with E-state index in [4.69, 9.17) is 0 Å². The first-order valence-electron chi connectivity index (χ1n) is 9.61. The van der Waals surface area contributed by atoms with Gasteiger partial charge < -0.3 is 15.5 Å². The van der Waals surface area contributed by atoms with Gasteiger partial charge in [-0.25, -0.2) is 4.79 Å². The Kier molecular flexibility index (Phi) is 6.35. The van der Waals surface area contributed by atoms with E-state index >= 15 is 0 Å². The van der Waals surface area contributed by atoms with Crippen LogP contribution in [0.1, 0.15) is 18.1 Å². The maximum absolute atomic E-state index is 13.0. The molecule has 1 fully saturated rings. The van der Waals surface area contributed by atoms with E-state index in [9.17, 15) is 19.2 Å². The van der Waals surface area contributed by atoms with Gasteiger partial charge in [-0.15, -0.1) is 0 Å². The molecule has 0 bridgehead atoms. The molecule has 2 aromatic carbocycles. The zero-order chi connectivity index (χ0) is 22.8. The largest absolute Gasteiger partial charge is 0.339 e. The summed E-state index contributed by atoms with van der Waals surface area (Å²) >= 11 is 0.975. The SMILES string of the molecule is Cc1ccc(C2(C)NC(=O)N(CC(=O)Nc3ccccc3SC(=O)N(C)C)C2=O)cc1. The van der Waals surface area contributed by atoms with Crippen LogP contribution in [-0.2, 0) is 15.1 Å². The number of amides is 5. The summed E-state index contributed by atoms with van der Waals surface area (Å²) in [5.74, 6) is -1.04. The van der Waals surface area contributed by atoms with Crippen molar-refractivity contribution >= 4 is 40.5 Å². The molecule has 31 heavy (non-hydrogen) atoms. The van der Waals surface area contributed by atoms with Crippen LogP contribution in [0.4, 0.5) is 15.3 Å². The van der Waals surface area contributed by atoms with E-state index in [1.54, 1.807) is 57.4 Å². The summed E-state index contributed by atoms with van der Waals surface area (Å²) in [6.45, 7) is 3.11. The first-order valence-corrected chi connectivity index (χ1v) is 10.4. The molecule has 1 aliphatic rings. The molecule has 162 valence electrons. The van der Waals surface area contributed by atoms with Crippen LogP contribution in [0.5, 0.6) is 0 Å². The molecular formula is C22H24N4O4S. The molecule has 1 aliphatic heterocycles. The predicted molar refractivity (Wildman–Crippen MR) is 119 cm³/mol. The number of hydrogen-bond donors (Lipinski definition) is 2. The van der Waals surface area contributed by atoms with Gasteiger partial charge in [0.05, 0.1) is 5.69 Å². The summed E-state index contributed by atoms with van der Waals surface area (Å²) in [6.07, 6.45) is 0. The molecule has 3 rings (SSSR count). The number of nitrogens with zero attached hydrogens (tertiary/aromatic N) is 2. The third-order valence-corrected chi connectivity index (χ3v) is 6.04. The van der Waals surface area contributed by atoms with E-state index < -0.39 is 29.9 Å². The number of rotatable bonds is 5. The van der Waals surface area contributed by atoms with Gasteiger partial charge in [0.1, 0.15) is 12.1 Å². The van der Waals surface area contributed by atoms with Crippen LogP contribution in [0.25, 0.3) is 0 Å². The van der Waals surface area contributed by atoms with Crippen LogP contribution in [0.2, 0.25) is 0 Å². The topological polar surface area (TPSA) is 98.8 Å². The normalized spacial score (nSPS) is 18.0. The summed E-state index contributed by atoms with van der Waals surface area (Å²) in [6, 6.07) is 13.5. The average molecular weight is 441 g/mol. The summed E-state index contributed by atoms with van der Waals surface area (Å²) in [7, 11) is 3.28. The summed E-state index contributed by atoms with van der Waals surface area (Å²) in [4.78, 5) is 53.0. The number of aryl methyl sites for hydroxylation is 1. The average Bonchev–Trinajstić information content (AvgIpc) is 2.93. The van der Waals surface area contributed by atoms with E-state index in [0.717, 1.165) is 22.2 Å². The number of imide groups is 1. The van der Waals surface area contributed by atoms with E-state index in [2.05, 4.69) is 10.6 Å². The van der Waals surface area contributed by atoms with E-state index in [-0.39, 0.29) is 5.24 Å². The van der Waals surface area contributed by atoms with E-state index in [0.29, 0.717) is 16.1 Å². The molecule has 5 amide bonds. The van der Waals surface area contributed by atoms with E-state index in [1.165, 1.54) is 4.90 Å². The van der Waals surface area contributed by atoms with Gasteiger partial charge in [0.25, 0.3) is 11.1 Å². The maximum atomic E-state index is 13.0. The van der Waals surface area contributed by atoms with Gasteiger partial charge in [-0.05, 0) is 43.3 Å². The standard InChI is InChI=1S/C22H24N4O4S/c1-14-9-11-15(12-10-14)22(2)19(28)26(20(29)24-22)13-18(27)23-16-7-5-6-8-17(16)31-21(30)25(3)4/h5-12H,13H2,1-4H3,(H,23,27)(H,24,29). The van der Waals surface area contributed by atoms with Crippen molar-refractivity contribution in [3.8, 4) is 0 Å². The summed E-state index contributed by atoms with van der Waals surface area (Å²) in [5.41, 5.74) is 0.866. The predicted octanol–water partition coefficient (Wildman–Crippen LogP) is 3.17. The molecule has 1 saturated heterocycles. The van der Waals surface area contributed by atoms with Crippen molar-refractivity contribution in [3.63, 3.8) is 0 Å². The highest BCUT2D eigenvalue weighted by molar-refractivity contribution is 8.13. The van der Waals surface area contributed by atoms with Crippen molar-refractivity contribution in [2.75, 3.05) is 26.0 Å². The molecule has 2 aromatic rings. The Hall–Kier alpha value is -3.33. The lowest BCUT2D eigenvalue weighted by Crippen LogP contribution is -2.42. The highest BCUT2D eigenvalue weighted by atomic mass is 32.2. The second-order valence-corrected chi connectivity index (χ2v) is 8.61. The molecule has 0 saturated carbocycles. The highest BCUT2D eigenvalue weighted by Gasteiger charge is 2.49. The second-order valence-electron chi connectivity index (χ2n) is 7.62. The Balaban J connectivity index is 1.73. The molecule has 9 heteroatoms. The number of benzene rings is 2. The number of hydrogen-bond acceptors (Lipinski definition) is 5. The Morgan fingerprint density at radius 3 is 2.39 bits per heavy atom. The Bertz CT molecular complexity index is 1040. The van der Waals surface area contributed by atoms with Crippen molar-refractivity contribution in [1.82, 2.24) is 15.1 Å². The van der Waals surface area contributed by atoms with Gasteiger partial charge in [-0.3, -0.25) is 19.3 Å². The van der Waals surface area contributed by atoms with Crippen molar-refractivity contribution in [2.24, 2.45) is 0 Å². The minimum Gasteiger partial charge on any atom is -0.339 e. The van der Waals surface area contributed by atoms with Crippen LogP contribution in [-0.4, -0.2) is 53.5 Å². The fourth-order valence-electron chi connectivity index (χ4n) is 3.10. The lowest BCUT2D eigenvalue weighted by atomic mass is 9.91. The molecule has 1 heterocycles. The lowest BCUT2D eigenvalue weighted by Gasteiger charge is -2.22. The number of urea groups is 1. The van der Waals surface area contributed by atoms with Gasteiger partial charge in [0.15, 0.2) is 0 Å². The molecule has 1 unspecified atom stereocenters. The smallest absolute Gasteiger partial charge is 0.325 e. The zero-order valence-corrected chi connectivity index (χ0v) is 18.6. The molecule has 0 aliphatic carbocycles. The molecule has 1 atom stereocenters. The minimum absolute atomic E-state index is 0.190. The van der Waals surface area contributed by atoms with Gasteiger partial charge in [0.2, 0.25) is 5.91 Å². The second kappa shape index (κ2) is 8.81. The Morgan fingerprint density at radius 1 is 1.10 bits per heavy atom. The monoisotopic (exact) mass is 440 g/mol. The van der Waals surface area contributed by atoms with E-state index in [1.807, 2.05) is 19.1 Å². The van der Waals surface area contributed by atoms with Gasteiger partial charge in [-0.1, -0.05) is 42.0 Å². The Morgan fingerprint density at radius 2 is 1.74 bits per heavy atom. The number of para-hydroxylation sites is 1. The minimum atomic E-state index is -1.24. The first-order chi connectivity index (χ1) is 14.6. The fraction of sp³-hybridized carbons (Fsp3) is 0.273. The van der Waals surface area contributed by atoms with Crippen LogP contribution < -0.4 is 10.6 Å². The lowest BCUT2D eigenvalue weighted by molar-refractivity contribution is -0.133. The van der Waals surface area contributed by atoms with Gasteiger partial charge >= 0.3 is 6.03 Å². The molecule has 0 radical (unpaired) electrons. The zero-order valence-electron chi connectivity index (χ0n) is 17.8. The van der Waals surface area contributed by atoms with Crippen LogP contribution in [0, 0.1) is 6.92 Å². The van der Waals surface area contributed by atoms with Crippen LogP contribution in [0.3, 0.4) is 0 Å². The molecule has 2 N–H and O–H groups in total. The molecule has 8 nitrogen and oxygen atoms in total. The number of anilines is 1. The summed E-state index contributed by atoms with van der Waals surface area (Å²) in [5, 5.41) is 5.19. The quantitative estimate of drug-likeness (QED) is 0.550. The number of carbonyl (C=O) groups excluding carboxylic acids is 4. The third kappa shape index (κ3) is 4.72. The fourth-order valence-corrected chi connectivity index (χ4v) is 3.85. The van der Waals surface area contributed by atoms with Crippen molar-refractivity contribution in [1.29, 1.82) is 0 Å². The maximum Gasteiger partial charge on any atom is 0.325 e. The number of nitrogens with one attached hydrogen (secondary N) is 2. The Labute approximate surface area is 185 Å². The molecular weight excluding hydrogens is 416 g/mol. The molecule has 0 spiro atoms. The first kappa shape index (κ1) is 22.4. The van der Waals surface area contributed by atoms with Crippen molar-refractivity contribution < 1.29 is 19.2 Å². The van der Waals surface area contributed by atoms with Crippen molar-refractivity contribution in [2.45, 2.75) is 24.3 Å². The highest BCUT2D eigenvalue weighted by Crippen LogP contribution is 2.30. The van der Waals surface area contributed by atoms with Crippen molar-refractivity contribution in [3.05, 3.63) is 59.7 Å². The number of carbonyl (C=O) groups is 4. The number of thioether (sulfide) groups is 1. The van der Waals surface area contributed by atoms with Gasteiger partial charge in [0, 0.05) is 19.0 Å². The van der Waals surface area contributed by atoms with Gasteiger partial charge in [-0.2, -0.15) is 0 Å². The summed E-state index contributed by atoms with van der Waals surface area (Å²) < 4.78 is 0.